The number of carbonyl (C=O) groups excluding carboxylic acids is 1. The van der Waals surface area contributed by atoms with Crippen molar-refractivity contribution >= 4 is 42.5 Å². The summed E-state index contributed by atoms with van der Waals surface area (Å²) in [5.41, 5.74) is 1.14. The second-order valence-electron chi connectivity index (χ2n) is 6.35. The van der Waals surface area contributed by atoms with Crippen molar-refractivity contribution < 1.29 is 4.79 Å². The number of rotatable bonds is 7. The minimum atomic E-state index is 0. The van der Waals surface area contributed by atoms with Crippen LogP contribution in [0.1, 0.15) is 19.5 Å². The van der Waals surface area contributed by atoms with E-state index >= 15 is 0 Å². The van der Waals surface area contributed by atoms with Gasteiger partial charge in [-0.1, -0.05) is 19.9 Å². The van der Waals surface area contributed by atoms with Gasteiger partial charge in [0, 0.05) is 44.0 Å². The highest BCUT2D eigenvalue weighted by Gasteiger charge is 2.35. The van der Waals surface area contributed by atoms with Crippen molar-refractivity contribution in [2.45, 2.75) is 26.3 Å². The van der Waals surface area contributed by atoms with E-state index in [1.54, 1.807) is 11.8 Å². The maximum Gasteiger partial charge on any atom is 0.230 e. The van der Waals surface area contributed by atoms with Crippen LogP contribution in [-0.4, -0.2) is 53.5 Å². The largest absolute Gasteiger partial charge is 0.351 e. The number of aromatic nitrogens is 1. The van der Waals surface area contributed by atoms with Crippen LogP contribution in [0.5, 0.6) is 0 Å². The second kappa shape index (κ2) is 12.0. The van der Waals surface area contributed by atoms with E-state index in [0.29, 0.717) is 17.6 Å². The molecule has 1 amide bonds. The molecule has 1 aromatic heterocycles. The third-order valence-electron chi connectivity index (χ3n) is 4.33. The summed E-state index contributed by atoms with van der Waals surface area (Å²) in [6.45, 7) is 7.53. The molecular formula is C17H29Cl2N3OS. The molecule has 1 aliphatic heterocycles. The van der Waals surface area contributed by atoms with Crippen molar-refractivity contribution in [1.82, 2.24) is 15.2 Å². The minimum absolute atomic E-state index is 0. The minimum Gasteiger partial charge on any atom is -0.351 e. The molecule has 2 rings (SSSR count). The Morgan fingerprint density at radius 2 is 2.12 bits per heavy atom. The molecule has 0 spiro atoms. The maximum absolute atomic E-state index is 11.9. The number of nitrogens with zero attached hydrogens (tertiary/aromatic N) is 2. The van der Waals surface area contributed by atoms with Crippen LogP contribution in [0, 0.1) is 11.8 Å². The van der Waals surface area contributed by atoms with Gasteiger partial charge in [0.25, 0.3) is 0 Å². The number of pyridine rings is 1. The van der Waals surface area contributed by atoms with E-state index < -0.39 is 0 Å². The monoisotopic (exact) mass is 393 g/mol. The lowest BCUT2D eigenvalue weighted by Crippen LogP contribution is -2.42. The molecule has 2 heterocycles. The molecule has 1 aromatic rings. The van der Waals surface area contributed by atoms with Gasteiger partial charge in [-0.15, -0.1) is 24.8 Å². The first-order valence-electron chi connectivity index (χ1n) is 8.00. The molecule has 7 heteroatoms. The zero-order valence-electron chi connectivity index (χ0n) is 14.6. The standard InChI is InChI=1S/C17H27N3OS.2ClH/c1-13(2)15-10-20(9-7-14-6-4-5-8-18-14)11-16(15)19-17(21)12-22-3;;/h4-6,8,13,15-16H,7,9-12H2,1-3H3,(H,19,21);2*1H/t15-,16+;;/m1../s1. The van der Waals surface area contributed by atoms with Crippen LogP contribution in [-0.2, 0) is 11.2 Å². The topological polar surface area (TPSA) is 45.2 Å². The molecular weight excluding hydrogens is 365 g/mol. The van der Waals surface area contributed by atoms with Crippen molar-refractivity contribution in [2.24, 2.45) is 11.8 Å². The molecule has 0 radical (unpaired) electrons. The predicted octanol–water partition coefficient (Wildman–Crippen LogP) is 2.90. The Labute approximate surface area is 162 Å². The lowest BCUT2D eigenvalue weighted by Gasteiger charge is -2.22. The van der Waals surface area contributed by atoms with E-state index in [-0.39, 0.29) is 36.8 Å². The third-order valence-corrected chi connectivity index (χ3v) is 4.88. The Morgan fingerprint density at radius 3 is 2.71 bits per heavy atom. The zero-order chi connectivity index (χ0) is 15.9. The van der Waals surface area contributed by atoms with Gasteiger partial charge < -0.3 is 10.2 Å². The Hall–Kier alpha value is -0.490. The van der Waals surface area contributed by atoms with Gasteiger partial charge in [-0.3, -0.25) is 9.78 Å². The second-order valence-corrected chi connectivity index (χ2v) is 7.21. The van der Waals surface area contributed by atoms with Crippen LogP contribution in [0.15, 0.2) is 24.4 Å². The first-order valence-corrected chi connectivity index (χ1v) is 9.40. The summed E-state index contributed by atoms with van der Waals surface area (Å²) in [5.74, 6) is 1.83. The predicted molar refractivity (Wildman–Crippen MR) is 108 cm³/mol. The van der Waals surface area contributed by atoms with E-state index in [4.69, 9.17) is 0 Å². The molecule has 0 aliphatic carbocycles. The van der Waals surface area contributed by atoms with Gasteiger partial charge in [-0.2, -0.15) is 11.8 Å². The number of thioether (sulfide) groups is 1. The Kier molecular flexibility index (Phi) is 11.7. The Balaban J connectivity index is 0.00000264. The average Bonchev–Trinajstić information content (AvgIpc) is 2.89. The van der Waals surface area contributed by atoms with E-state index in [9.17, 15) is 4.79 Å². The molecule has 0 unspecified atom stereocenters. The summed E-state index contributed by atoms with van der Waals surface area (Å²) in [6, 6.07) is 6.34. The fraction of sp³-hybridized carbons (Fsp3) is 0.647. The number of nitrogens with one attached hydrogen (secondary N) is 1. The number of likely N-dealkylation sites (tertiary alicyclic amines) is 1. The number of amides is 1. The molecule has 0 aromatic carbocycles. The van der Waals surface area contributed by atoms with Gasteiger partial charge in [0.2, 0.25) is 5.91 Å². The van der Waals surface area contributed by atoms with Gasteiger partial charge in [-0.25, -0.2) is 0 Å². The normalized spacial score (nSPS) is 20.3. The molecule has 4 nitrogen and oxygen atoms in total. The van der Waals surface area contributed by atoms with Crippen molar-refractivity contribution in [3.8, 4) is 0 Å². The summed E-state index contributed by atoms with van der Waals surface area (Å²) < 4.78 is 0. The van der Waals surface area contributed by atoms with Crippen molar-refractivity contribution in [3.63, 3.8) is 0 Å². The first-order chi connectivity index (χ1) is 10.6. The molecule has 1 fully saturated rings. The lowest BCUT2D eigenvalue weighted by molar-refractivity contribution is -0.119. The summed E-state index contributed by atoms with van der Waals surface area (Å²) in [5, 5.41) is 3.22. The molecule has 0 bridgehead atoms. The highest BCUT2D eigenvalue weighted by atomic mass is 35.5. The third kappa shape index (κ3) is 7.18. The molecule has 0 saturated carbocycles. The highest BCUT2D eigenvalue weighted by Crippen LogP contribution is 2.24. The molecule has 1 aliphatic rings. The number of carbonyl (C=O) groups is 1. The van der Waals surface area contributed by atoms with Gasteiger partial charge >= 0.3 is 0 Å². The van der Waals surface area contributed by atoms with Crippen molar-refractivity contribution in [2.75, 3.05) is 31.6 Å². The average molecular weight is 394 g/mol. The van der Waals surface area contributed by atoms with Crippen LogP contribution in [0.4, 0.5) is 0 Å². The van der Waals surface area contributed by atoms with E-state index in [2.05, 4.69) is 35.1 Å². The number of hydrogen-bond acceptors (Lipinski definition) is 4. The van der Waals surface area contributed by atoms with E-state index in [0.717, 1.165) is 31.7 Å². The van der Waals surface area contributed by atoms with Crippen LogP contribution >= 0.6 is 36.6 Å². The zero-order valence-corrected chi connectivity index (χ0v) is 17.1. The highest BCUT2D eigenvalue weighted by molar-refractivity contribution is 7.99. The van der Waals surface area contributed by atoms with Crippen LogP contribution < -0.4 is 5.32 Å². The van der Waals surface area contributed by atoms with Crippen LogP contribution in [0.25, 0.3) is 0 Å². The fourth-order valence-electron chi connectivity index (χ4n) is 3.12. The van der Waals surface area contributed by atoms with Gasteiger partial charge in [0.15, 0.2) is 0 Å². The van der Waals surface area contributed by atoms with Crippen molar-refractivity contribution in [3.05, 3.63) is 30.1 Å². The smallest absolute Gasteiger partial charge is 0.230 e. The first kappa shape index (κ1) is 23.5. The fourth-order valence-corrected chi connectivity index (χ4v) is 3.47. The van der Waals surface area contributed by atoms with Crippen LogP contribution in [0.3, 0.4) is 0 Å². The Morgan fingerprint density at radius 1 is 1.38 bits per heavy atom. The molecule has 138 valence electrons. The summed E-state index contributed by atoms with van der Waals surface area (Å²) >= 11 is 1.58. The number of halogens is 2. The number of hydrogen-bond donors (Lipinski definition) is 1. The summed E-state index contributed by atoms with van der Waals surface area (Å²) in [4.78, 5) is 18.7. The lowest BCUT2D eigenvalue weighted by atomic mass is 9.91. The van der Waals surface area contributed by atoms with E-state index in [1.165, 1.54) is 0 Å². The van der Waals surface area contributed by atoms with Gasteiger partial charge in [0.1, 0.15) is 0 Å². The van der Waals surface area contributed by atoms with Crippen molar-refractivity contribution in [1.29, 1.82) is 0 Å². The SMILES string of the molecule is CSCC(=O)N[C@H]1CN(CCc2ccccn2)C[C@@H]1C(C)C.Cl.Cl. The van der Waals surface area contributed by atoms with Gasteiger partial charge in [0.05, 0.1) is 5.75 Å². The quantitative estimate of drug-likeness (QED) is 0.773. The van der Waals surface area contributed by atoms with Crippen LogP contribution in [0.2, 0.25) is 0 Å². The van der Waals surface area contributed by atoms with E-state index in [1.807, 2.05) is 24.6 Å². The molecule has 1 saturated heterocycles. The summed E-state index contributed by atoms with van der Waals surface area (Å²) in [6.07, 6.45) is 4.78. The molecule has 24 heavy (non-hydrogen) atoms. The summed E-state index contributed by atoms with van der Waals surface area (Å²) in [7, 11) is 0. The molecule has 2 atom stereocenters. The molecule has 1 N–H and O–H groups in total. The Bertz CT molecular complexity index is 476. The van der Waals surface area contributed by atoms with Gasteiger partial charge in [-0.05, 0) is 30.2 Å². The maximum atomic E-state index is 11.9.